The molecule has 0 saturated heterocycles. The predicted octanol–water partition coefficient (Wildman–Crippen LogP) is 0.467. The average molecular weight is 293 g/mol. The number of nitrogens with zero attached hydrogens (tertiary/aromatic N) is 4. The SMILES string of the molecule is Cn1cc([N+](=O)[O-])cc1C(=O)Nc1cnn(CC(=O)O)c1. The van der Waals surface area contributed by atoms with Gasteiger partial charge in [-0.15, -0.1) is 0 Å². The molecular weight excluding hydrogens is 282 g/mol. The second kappa shape index (κ2) is 5.45. The molecule has 2 N–H and O–H groups in total. The number of hydrogen-bond acceptors (Lipinski definition) is 5. The third kappa shape index (κ3) is 3.23. The summed E-state index contributed by atoms with van der Waals surface area (Å²) in [5.74, 6) is -1.62. The molecule has 0 aliphatic carbocycles. The Morgan fingerprint density at radius 2 is 2.19 bits per heavy atom. The van der Waals surface area contributed by atoms with Crippen LogP contribution in [-0.2, 0) is 18.4 Å². The molecule has 1 amide bonds. The van der Waals surface area contributed by atoms with Crippen LogP contribution >= 0.6 is 0 Å². The zero-order valence-electron chi connectivity index (χ0n) is 10.9. The number of carbonyl (C=O) groups excluding carboxylic acids is 1. The molecule has 0 atom stereocenters. The van der Waals surface area contributed by atoms with E-state index in [1.807, 2.05) is 0 Å². The third-order valence-electron chi connectivity index (χ3n) is 2.62. The number of nitrogens with one attached hydrogen (secondary N) is 1. The molecule has 0 unspecified atom stereocenters. The van der Waals surface area contributed by atoms with Gasteiger partial charge in [0.1, 0.15) is 12.2 Å². The number of hydrogen-bond donors (Lipinski definition) is 2. The maximum absolute atomic E-state index is 12.0. The van der Waals surface area contributed by atoms with E-state index in [4.69, 9.17) is 5.11 Å². The lowest BCUT2D eigenvalue weighted by Crippen LogP contribution is -2.15. The predicted molar refractivity (Wildman–Crippen MR) is 69.9 cm³/mol. The van der Waals surface area contributed by atoms with Gasteiger partial charge in [-0.25, -0.2) is 0 Å². The number of aryl methyl sites for hydroxylation is 1. The summed E-state index contributed by atoms with van der Waals surface area (Å²) in [4.78, 5) is 32.6. The van der Waals surface area contributed by atoms with Crippen molar-refractivity contribution in [3.05, 3.63) is 40.5 Å². The Morgan fingerprint density at radius 3 is 2.76 bits per heavy atom. The number of aliphatic carboxylic acids is 1. The maximum Gasteiger partial charge on any atom is 0.325 e. The van der Waals surface area contributed by atoms with Crippen molar-refractivity contribution in [2.24, 2.45) is 7.05 Å². The van der Waals surface area contributed by atoms with Gasteiger partial charge in [0, 0.05) is 19.3 Å². The van der Waals surface area contributed by atoms with Crippen molar-refractivity contribution in [3.8, 4) is 0 Å². The lowest BCUT2D eigenvalue weighted by molar-refractivity contribution is -0.384. The first-order valence-electron chi connectivity index (χ1n) is 5.73. The molecule has 110 valence electrons. The van der Waals surface area contributed by atoms with Gasteiger partial charge in [-0.05, 0) is 0 Å². The Balaban J connectivity index is 2.12. The first-order chi connectivity index (χ1) is 9.86. The average Bonchev–Trinajstić information content (AvgIpc) is 2.95. The Labute approximate surface area is 117 Å². The number of carbonyl (C=O) groups is 2. The highest BCUT2D eigenvalue weighted by Gasteiger charge is 2.18. The lowest BCUT2D eigenvalue weighted by Gasteiger charge is -2.02. The number of rotatable bonds is 5. The van der Waals surface area contributed by atoms with E-state index in [0.717, 1.165) is 10.7 Å². The number of carboxylic acids is 1. The zero-order chi connectivity index (χ0) is 15.6. The molecule has 0 aliphatic heterocycles. The first kappa shape index (κ1) is 14.2. The van der Waals surface area contributed by atoms with E-state index in [1.54, 1.807) is 0 Å². The quantitative estimate of drug-likeness (QED) is 0.608. The number of nitro groups is 1. The molecule has 0 radical (unpaired) electrons. The molecule has 2 aromatic rings. The zero-order valence-corrected chi connectivity index (χ0v) is 10.9. The Bertz CT molecular complexity index is 716. The van der Waals surface area contributed by atoms with Gasteiger partial charge < -0.3 is 15.0 Å². The van der Waals surface area contributed by atoms with Crippen molar-refractivity contribution in [2.45, 2.75) is 6.54 Å². The van der Waals surface area contributed by atoms with E-state index in [9.17, 15) is 19.7 Å². The third-order valence-corrected chi connectivity index (χ3v) is 2.62. The van der Waals surface area contributed by atoms with Crippen LogP contribution in [0.15, 0.2) is 24.7 Å². The van der Waals surface area contributed by atoms with Gasteiger partial charge in [-0.1, -0.05) is 0 Å². The van der Waals surface area contributed by atoms with Crippen molar-refractivity contribution < 1.29 is 19.6 Å². The molecule has 2 aromatic heterocycles. The summed E-state index contributed by atoms with van der Waals surface area (Å²) in [5.41, 5.74) is 0.210. The Hall–Kier alpha value is -3.17. The van der Waals surface area contributed by atoms with Gasteiger partial charge >= 0.3 is 5.97 Å². The van der Waals surface area contributed by atoms with Gasteiger partial charge in [0.2, 0.25) is 0 Å². The van der Waals surface area contributed by atoms with Crippen LogP contribution in [0.5, 0.6) is 0 Å². The number of carboxylic acid groups (broad SMARTS) is 1. The molecule has 0 bridgehead atoms. The Morgan fingerprint density at radius 1 is 1.48 bits per heavy atom. The van der Waals surface area contributed by atoms with Crippen LogP contribution < -0.4 is 5.32 Å². The van der Waals surface area contributed by atoms with Gasteiger partial charge in [0.25, 0.3) is 11.6 Å². The monoisotopic (exact) mass is 293 g/mol. The number of aromatic nitrogens is 3. The van der Waals surface area contributed by atoms with Crippen LogP contribution in [0.2, 0.25) is 0 Å². The van der Waals surface area contributed by atoms with Crippen LogP contribution in [0, 0.1) is 10.1 Å². The largest absolute Gasteiger partial charge is 0.480 e. The van der Waals surface area contributed by atoms with Gasteiger partial charge in [-0.3, -0.25) is 24.4 Å². The van der Waals surface area contributed by atoms with E-state index in [2.05, 4.69) is 10.4 Å². The molecule has 0 saturated carbocycles. The molecule has 0 aromatic carbocycles. The van der Waals surface area contributed by atoms with Crippen molar-refractivity contribution >= 4 is 23.3 Å². The molecule has 10 nitrogen and oxygen atoms in total. The minimum absolute atomic E-state index is 0.104. The molecule has 0 spiro atoms. The van der Waals surface area contributed by atoms with Crippen LogP contribution in [0.25, 0.3) is 0 Å². The standard InChI is InChI=1S/C11H11N5O5/c1-14-5-8(16(20)21)2-9(14)11(19)13-7-3-12-15(4-7)6-10(17)18/h2-5H,6H2,1H3,(H,13,19)(H,17,18). The van der Waals surface area contributed by atoms with Crippen LogP contribution in [0.3, 0.4) is 0 Å². The summed E-state index contributed by atoms with van der Waals surface area (Å²) in [7, 11) is 1.51. The summed E-state index contributed by atoms with van der Waals surface area (Å²) in [5, 5.41) is 25.5. The van der Waals surface area contributed by atoms with E-state index in [1.165, 1.54) is 30.2 Å². The van der Waals surface area contributed by atoms with Gasteiger partial charge in [-0.2, -0.15) is 5.10 Å². The van der Waals surface area contributed by atoms with Gasteiger partial charge in [0.15, 0.2) is 0 Å². The van der Waals surface area contributed by atoms with Crippen molar-refractivity contribution in [3.63, 3.8) is 0 Å². The van der Waals surface area contributed by atoms with Crippen LogP contribution in [0.1, 0.15) is 10.5 Å². The summed E-state index contributed by atoms with van der Waals surface area (Å²) in [6.45, 7) is -0.328. The molecule has 10 heteroatoms. The molecule has 21 heavy (non-hydrogen) atoms. The molecule has 2 rings (SSSR count). The number of anilines is 1. The molecule has 2 heterocycles. The van der Waals surface area contributed by atoms with Crippen molar-refractivity contribution in [1.29, 1.82) is 0 Å². The minimum atomic E-state index is -1.06. The summed E-state index contributed by atoms with van der Waals surface area (Å²) >= 11 is 0. The normalized spacial score (nSPS) is 10.3. The topological polar surface area (TPSA) is 132 Å². The lowest BCUT2D eigenvalue weighted by atomic mass is 10.3. The fraction of sp³-hybridized carbons (Fsp3) is 0.182. The van der Waals surface area contributed by atoms with E-state index in [-0.39, 0.29) is 17.9 Å². The summed E-state index contributed by atoms with van der Waals surface area (Å²) in [6.07, 6.45) is 3.87. The highest BCUT2D eigenvalue weighted by Crippen LogP contribution is 2.16. The van der Waals surface area contributed by atoms with E-state index in [0.29, 0.717) is 5.69 Å². The van der Waals surface area contributed by atoms with E-state index < -0.39 is 16.8 Å². The fourth-order valence-corrected chi connectivity index (χ4v) is 1.72. The highest BCUT2D eigenvalue weighted by molar-refractivity contribution is 6.03. The van der Waals surface area contributed by atoms with Crippen molar-refractivity contribution in [2.75, 3.05) is 5.32 Å². The smallest absolute Gasteiger partial charge is 0.325 e. The summed E-state index contributed by atoms with van der Waals surface area (Å²) in [6, 6.07) is 1.15. The highest BCUT2D eigenvalue weighted by atomic mass is 16.6. The van der Waals surface area contributed by atoms with Gasteiger partial charge in [0.05, 0.1) is 23.0 Å². The maximum atomic E-state index is 12.0. The Kier molecular flexibility index (Phi) is 3.69. The second-order valence-electron chi connectivity index (χ2n) is 4.23. The number of amides is 1. The van der Waals surface area contributed by atoms with E-state index >= 15 is 0 Å². The molecule has 0 aliphatic rings. The second-order valence-corrected chi connectivity index (χ2v) is 4.23. The van der Waals surface area contributed by atoms with Crippen LogP contribution in [0.4, 0.5) is 11.4 Å². The van der Waals surface area contributed by atoms with Crippen molar-refractivity contribution in [1.82, 2.24) is 14.3 Å². The first-order valence-corrected chi connectivity index (χ1v) is 5.73. The van der Waals surface area contributed by atoms with Crippen LogP contribution in [-0.4, -0.2) is 36.3 Å². The summed E-state index contributed by atoms with van der Waals surface area (Å²) < 4.78 is 2.47. The minimum Gasteiger partial charge on any atom is -0.480 e. The fourth-order valence-electron chi connectivity index (χ4n) is 1.72. The molecule has 0 fully saturated rings. The molecular formula is C11H11N5O5.